The lowest BCUT2D eigenvalue weighted by Gasteiger charge is -2.18. The summed E-state index contributed by atoms with van der Waals surface area (Å²) >= 11 is 0. The number of fused-ring (bicyclic) bond motifs is 1. The standard InChI is InChI=1S/C22H25NO4/c1-14-9-18-17(11-21(24)27-20(18)10-15(14)2)13-23(3)12-16-7-6-8-19(25-4)22(16)26-5/h6-11H,12-13H2,1-5H3/p+1. The Balaban J connectivity index is 1.92. The van der Waals surface area contributed by atoms with Gasteiger partial charge in [-0.2, -0.15) is 0 Å². The summed E-state index contributed by atoms with van der Waals surface area (Å²) in [6.45, 7) is 5.53. The number of hydrogen-bond acceptors (Lipinski definition) is 4. The van der Waals surface area contributed by atoms with Crippen molar-refractivity contribution >= 4 is 11.0 Å². The molecule has 1 atom stereocenters. The van der Waals surface area contributed by atoms with Crippen molar-refractivity contribution in [1.29, 1.82) is 0 Å². The molecule has 1 heterocycles. The van der Waals surface area contributed by atoms with Gasteiger partial charge in [0.25, 0.3) is 0 Å². The molecule has 5 heteroatoms. The van der Waals surface area contributed by atoms with Gasteiger partial charge in [-0.1, -0.05) is 6.07 Å². The lowest BCUT2D eigenvalue weighted by atomic mass is 10.0. The summed E-state index contributed by atoms with van der Waals surface area (Å²) in [4.78, 5) is 13.2. The minimum absolute atomic E-state index is 0.312. The number of rotatable bonds is 6. The molecule has 1 N–H and O–H groups in total. The fraction of sp³-hybridized carbons (Fsp3) is 0.318. The van der Waals surface area contributed by atoms with Gasteiger partial charge in [-0.05, 0) is 49.2 Å². The molecule has 0 aliphatic rings. The first kappa shape index (κ1) is 19.0. The second-order valence-electron chi connectivity index (χ2n) is 6.99. The smallest absolute Gasteiger partial charge is 0.336 e. The fourth-order valence-corrected chi connectivity index (χ4v) is 3.43. The number of methoxy groups -OCH3 is 2. The molecule has 0 aliphatic carbocycles. The molecule has 0 spiro atoms. The first-order valence-corrected chi connectivity index (χ1v) is 8.98. The Kier molecular flexibility index (Phi) is 5.51. The summed E-state index contributed by atoms with van der Waals surface area (Å²) in [7, 11) is 5.38. The normalized spacial score (nSPS) is 12.2. The van der Waals surface area contributed by atoms with Gasteiger partial charge < -0.3 is 18.8 Å². The highest BCUT2D eigenvalue weighted by Crippen LogP contribution is 2.30. The number of hydrogen-bond donors (Lipinski definition) is 1. The molecular weight excluding hydrogens is 342 g/mol. The highest BCUT2D eigenvalue weighted by molar-refractivity contribution is 5.81. The highest BCUT2D eigenvalue weighted by Gasteiger charge is 2.16. The van der Waals surface area contributed by atoms with Crippen molar-refractivity contribution < 1.29 is 18.8 Å². The second-order valence-corrected chi connectivity index (χ2v) is 6.99. The molecule has 2 aromatic carbocycles. The third-order valence-corrected chi connectivity index (χ3v) is 4.91. The Morgan fingerprint density at radius 3 is 2.37 bits per heavy atom. The third-order valence-electron chi connectivity index (χ3n) is 4.91. The van der Waals surface area contributed by atoms with E-state index in [-0.39, 0.29) is 5.63 Å². The minimum Gasteiger partial charge on any atom is -0.493 e. The van der Waals surface area contributed by atoms with Gasteiger partial charge in [-0.15, -0.1) is 0 Å². The Bertz CT molecular complexity index is 1020. The van der Waals surface area contributed by atoms with Crippen LogP contribution >= 0.6 is 0 Å². The molecule has 0 aliphatic heterocycles. The lowest BCUT2D eigenvalue weighted by Crippen LogP contribution is -3.06. The van der Waals surface area contributed by atoms with Gasteiger partial charge >= 0.3 is 5.63 Å². The van der Waals surface area contributed by atoms with Crippen molar-refractivity contribution in [3.63, 3.8) is 0 Å². The van der Waals surface area contributed by atoms with E-state index in [1.54, 1.807) is 20.3 Å². The molecule has 0 saturated carbocycles. The lowest BCUT2D eigenvalue weighted by molar-refractivity contribution is -0.907. The van der Waals surface area contributed by atoms with Crippen LogP contribution in [0.1, 0.15) is 22.3 Å². The minimum atomic E-state index is -0.312. The van der Waals surface area contributed by atoms with Crippen LogP contribution in [0.5, 0.6) is 11.5 Å². The van der Waals surface area contributed by atoms with E-state index in [9.17, 15) is 4.79 Å². The molecule has 27 heavy (non-hydrogen) atoms. The zero-order valence-corrected chi connectivity index (χ0v) is 16.5. The molecule has 1 unspecified atom stereocenters. The van der Waals surface area contributed by atoms with Crippen LogP contribution in [0, 0.1) is 13.8 Å². The van der Waals surface area contributed by atoms with Crippen molar-refractivity contribution in [3.05, 3.63) is 69.1 Å². The summed E-state index contributed by atoms with van der Waals surface area (Å²) in [5.41, 5.74) is 4.69. The zero-order valence-electron chi connectivity index (χ0n) is 16.5. The average molecular weight is 368 g/mol. The number of ether oxygens (including phenoxy) is 2. The summed E-state index contributed by atoms with van der Waals surface area (Å²) < 4.78 is 16.3. The predicted molar refractivity (Wildman–Crippen MR) is 106 cm³/mol. The van der Waals surface area contributed by atoms with Crippen molar-refractivity contribution in [1.82, 2.24) is 0 Å². The zero-order chi connectivity index (χ0) is 19.6. The van der Waals surface area contributed by atoms with Crippen LogP contribution in [0.25, 0.3) is 11.0 Å². The van der Waals surface area contributed by atoms with Gasteiger partial charge in [0.2, 0.25) is 0 Å². The van der Waals surface area contributed by atoms with Crippen LogP contribution in [0.15, 0.2) is 45.6 Å². The van der Waals surface area contributed by atoms with E-state index in [1.807, 2.05) is 31.2 Å². The van der Waals surface area contributed by atoms with Gasteiger partial charge in [0, 0.05) is 17.0 Å². The summed E-state index contributed by atoms with van der Waals surface area (Å²) in [6.07, 6.45) is 0. The number of para-hydroxylation sites is 1. The molecular formula is C22H26NO4+. The second kappa shape index (κ2) is 7.84. The molecule has 1 aromatic heterocycles. The van der Waals surface area contributed by atoms with Crippen molar-refractivity contribution in [2.45, 2.75) is 26.9 Å². The van der Waals surface area contributed by atoms with Crippen molar-refractivity contribution in [2.75, 3.05) is 21.3 Å². The van der Waals surface area contributed by atoms with E-state index in [2.05, 4.69) is 20.0 Å². The monoisotopic (exact) mass is 368 g/mol. The van der Waals surface area contributed by atoms with Crippen LogP contribution in [0.3, 0.4) is 0 Å². The Labute approximate surface area is 159 Å². The molecule has 142 valence electrons. The Morgan fingerprint density at radius 1 is 0.963 bits per heavy atom. The molecule has 0 bridgehead atoms. The van der Waals surface area contributed by atoms with E-state index >= 15 is 0 Å². The molecule has 0 saturated heterocycles. The highest BCUT2D eigenvalue weighted by atomic mass is 16.5. The Morgan fingerprint density at radius 2 is 1.67 bits per heavy atom. The summed E-state index contributed by atoms with van der Waals surface area (Å²) in [5, 5.41) is 0.995. The van der Waals surface area contributed by atoms with Crippen LogP contribution in [-0.2, 0) is 13.1 Å². The fourth-order valence-electron chi connectivity index (χ4n) is 3.43. The molecule has 0 fully saturated rings. The molecule has 3 rings (SSSR count). The summed E-state index contributed by atoms with van der Waals surface area (Å²) in [5.74, 6) is 1.47. The largest absolute Gasteiger partial charge is 0.493 e. The van der Waals surface area contributed by atoms with Crippen LogP contribution in [0.4, 0.5) is 0 Å². The number of nitrogens with one attached hydrogen (secondary N) is 1. The van der Waals surface area contributed by atoms with Gasteiger partial charge in [0.05, 0.1) is 26.8 Å². The summed E-state index contributed by atoms with van der Waals surface area (Å²) in [6, 6.07) is 11.5. The molecule has 3 aromatic rings. The van der Waals surface area contributed by atoms with Crippen molar-refractivity contribution in [3.8, 4) is 11.5 Å². The Hall–Kier alpha value is -2.79. The van der Waals surface area contributed by atoms with Crippen molar-refractivity contribution in [2.24, 2.45) is 0 Å². The van der Waals surface area contributed by atoms with E-state index in [1.165, 1.54) is 10.5 Å². The predicted octanol–water partition coefficient (Wildman–Crippen LogP) is 2.64. The van der Waals surface area contributed by atoms with Crippen LogP contribution in [0.2, 0.25) is 0 Å². The first-order chi connectivity index (χ1) is 12.9. The SMILES string of the molecule is COc1cccc(C[NH+](C)Cc2cc(=O)oc3cc(C)c(C)cc23)c1OC. The average Bonchev–Trinajstić information content (AvgIpc) is 2.63. The third kappa shape index (κ3) is 3.98. The van der Waals surface area contributed by atoms with E-state index in [0.717, 1.165) is 40.1 Å². The van der Waals surface area contributed by atoms with Gasteiger partial charge in [0.1, 0.15) is 18.7 Å². The van der Waals surface area contributed by atoms with E-state index in [0.29, 0.717) is 12.1 Å². The van der Waals surface area contributed by atoms with E-state index < -0.39 is 0 Å². The maximum absolute atomic E-state index is 12.0. The van der Waals surface area contributed by atoms with E-state index in [4.69, 9.17) is 13.9 Å². The van der Waals surface area contributed by atoms with Gasteiger partial charge in [-0.3, -0.25) is 0 Å². The van der Waals surface area contributed by atoms with Crippen LogP contribution < -0.4 is 20.0 Å². The van der Waals surface area contributed by atoms with Crippen LogP contribution in [-0.4, -0.2) is 21.3 Å². The maximum atomic E-state index is 12.0. The quantitative estimate of drug-likeness (QED) is 0.680. The topological polar surface area (TPSA) is 53.1 Å². The molecule has 0 amide bonds. The molecule has 0 radical (unpaired) electrons. The number of aryl methyl sites for hydroxylation is 2. The van der Waals surface area contributed by atoms with Gasteiger partial charge in [0.15, 0.2) is 11.5 Å². The number of benzene rings is 2. The van der Waals surface area contributed by atoms with Gasteiger partial charge in [-0.25, -0.2) is 4.79 Å². The first-order valence-electron chi connectivity index (χ1n) is 8.98. The maximum Gasteiger partial charge on any atom is 0.336 e. The number of quaternary nitrogens is 1. The molecule has 5 nitrogen and oxygen atoms in total.